The van der Waals surface area contributed by atoms with Gasteiger partial charge >= 0.3 is 0 Å². The van der Waals surface area contributed by atoms with Gasteiger partial charge in [0.05, 0.1) is 0 Å². The lowest BCUT2D eigenvalue weighted by Gasteiger charge is -2.17. The molecular weight excluding hydrogens is 338 g/mol. The van der Waals surface area contributed by atoms with Crippen LogP contribution in [-0.4, -0.2) is 24.4 Å². The molecule has 1 aliphatic carbocycles. The molecule has 0 bridgehead atoms. The van der Waals surface area contributed by atoms with Crippen molar-refractivity contribution in [3.8, 4) is 0 Å². The number of carbonyl (C=O) groups is 2. The van der Waals surface area contributed by atoms with Crippen molar-refractivity contribution >= 4 is 11.8 Å². The number of hydrogen-bond donors (Lipinski definition) is 2. The lowest BCUT2D eigenvalue weighted by atomic mass is 10.0. The molecule has 2 amide bonds. The zero-order valence-corrected chi connectivity index (χ0v) is 14.6. The van der Waals surface area contributed by atoms with Gasteiger partial charge in [-0.2, -0.15) is 0 Å². The molecule has 1 unspecified atom stereocenters. The quantitative estimate of drug-likeness (QED) is 0.552. The van der Waals surface area contributed by atoms with Gasteiger partial charge < -0.3 is 10.6 Å². The highest BCUT2D eigenvalue weighted by Gasteiger charge is 2.21. The summed E-state index contributed by atoms with van der Waals surface area (Å²) in [5, 5.41) is 5.22. The van der Waals surface area contributed by atoms with E-state index in [2.05, 4.69) is 17.2 Å². The molecule has 6 heteroatoms. The summed E-state index contributed by atoms with van der Waals surface area (Å²) in [7, 11) is 0. The molecule has 1 aromatic rings. The highest BCUT2D eigenvalue weighted by Crippen LogP contribution is 2.25. The molecule has 140 valence electrons. The van der Waals surface area contributed by atoms with Gasteiger partial charge in [-0.05, 0) is 42.5 Å². The largest absolute Gasteiger partial charge is 0.351 e. The zero-order valence-electron chi connectivity index (χ0n) is 14.6. The van der Waals surface area contributed by atoms with Gasteiger partial charge in [-0.15, -0.1) is 6.58 Å². The van der Waals surface area contributed by atoms with Crippen LogP contribution < -0.4 is 10.6 Å². The molecule has 26 heavy (non-hydrogen) atoms. The summed E-state index contributed by atoms with van der Waals surface area (Å²) in [4.78, 5) is 24.5. The molecule has 0 aromatic heterocycles. The minimum atomic E-state index is -0.933. The maximum absolute atomic E-state index is 13.4. The summed E-state index contributed by atoms with van der Waals surface area (Å²) < 4.78 is 26.8. The molecule has 4 nitrogen and oxygen atoms in total. The lowest BCUT2D eigenvalue weighted by molar-refractivity contribution is -0.126. The van der Waals surface area contributed by atoms with Crippen molar-refractivity contribution in [3.05, 3.63) is 60.2 Å². The van der Waals surface area contributed by atoms with E-state index in [-0.39, 0.29) is 13.0 Å². The van der Waals surface area contributed by atoms with E-state index in [1.54, 1.807) is 0 Å². The second kappa shape index (κ2) is 9.85. The summed E-state index contributed by atoms with van der Waals surface area (Å²) in [6, 6.07) is 2.13. The van der Waals surface area contributed by atoms with Crippen LogP contribution in [0.4, 0.5) is 8.78 Å². The van der Waals surface area contributed by atoms with Crippen LogP contribution in [0.3, 0.4) is 0 Å². The number of carbonyl (C=O) groups excluding carboxylic acids is 2. The topological polar surface area (TPSA) is 58.2 Å². The van der Waals surface area contributed by atoms with Crippen molar-refractivity contribution in [2.75, 3.05) is 6.54 Å². The van der Waals surface area contributed by atoms with E-state index in [0.717, 1.165) is 43.9 Å². The van der Waals surface area contributed by atoms with Gasteiger partial charge in [0.1, 0.15) is 17.7 Å². The van der Waals surface area contributed by atoms with Gasteiger partial charge in [0, 0.05) is 19.0 Å². The van der Waals surface area contributed by atoms with Gasteiger partial charge in [-0.1, -0.05) is 25.0 Å². The molecule has 0 saturated heterocycles. The Hall–Kier alpha value is -2.50. The average Bonchev–Trinajstić information content (AvgIpc) is 3.10. The Balaban J connectivity index is 2.05. The van der Waals surface area contributed by atoms with Crippen molar-refractivity contribution < 1.29 is 18.4 Å². The molecule has 0 heterocycles. The van der Waals surface area contributed by atoms with Crippen LogP contribution in [-0.2, 0) is 16.0 Å². The number of rotatable bonds is 8. The van der Waals surface area contributed by atoms with E-state index in [0.29, 0.717) is 11.5 Å². The normalized spacial score (nSPS) is 15.8. The molecule has 2 rings (SSSR count). The maximum atomic E-state index is 13.4. The van der Waals surface area contributed by atoms with Crippen molar-refractivity contribution in [1.29, 1.82) is 0 Å². The first-order chi connectivity index (χ1) is 12.5. The monoisotopic (exact) mass is 362 g/mol. The zero-order chi connectivity index (χ0) is 18.9. The van der Waals surface area contributed by atoms with E-state index in [4.69, 9.17) is 0 Å². The first kappa shape index (κ1) is 19.8. The predicted molar refractivity (Wildman–Crippen MR) is 96.3 cm³/mol. The maximum Gasteiger partial charge on any atom is 0.244 e. The number of allylic oxidation sites excluding steroid dienone is 1. The van der Waals surface area contributed by atoms with Gasteiger partial charge in [-0.25, -0.2) is 8.78 Å². The first-order valence-electron chi connectivity index (χ1n) is 8.80. The Morgan fingerprint density at radius 3 is 2.46 bits per heavy atom. The number of nitrogens with one attached hydrogen (secondary N) is 2. The second-order valence-corrected chi connectivity index (χ2v) is 6.48. The van der Waals surface area contributed by atoms with Crippen molar-refractivity contribution in [2.45, 2.75) is 38.1 Å². The van der Waals surface area contributed by atoms with Crippen LogP contribution in [0.1, 0.15) is 31.2 Å². The smallest absolute Gasteiger partial charge is 0.244 e. The molecule has 1 aromatic carbocycles. The van der Waals surface area contributed by atoms with Crippen molar-refractivity contribution in [3.63, 3.8) is 0 Å². The van der Waals surface area contributed by atoms with E-state index < -0.39 is 29.5 Å². The highest BCUT2D eigenvalue weighted by atomic mass is 19.1. The predicted octanol–water partition coefficient (Wildman–Crippen LogP) is 3.04. The molecule has 0 radical (unpaired) electrons. The SMILES string of the molecule is C=CCNC(=O)C(Cc1cc(F)cc(F)c1)NC(=O)/C=C/C1CCCC1. The summed E-state index contributed by atoms with van der Waals surface area (Å²) in [5.41, 5.74) is 0.293. The van der Waals surface area contributed by atoms with Crippen LogP contribution in [0.25, 0.3) is 0 Å². The first-order valence-corrected chi connectivity index (χ1v) is 8.80. The fraction of sp³-hybridized carbons (Fsp3) is 0.400. The molecule has 0 aliphatic heterocycles. The molecule has 1 atom stereocenters. The minimum Gasteiger partial charge on any atom is -0.351 e. The van der Waals surface area contributed by atoms with Gasteiger partial charge in [-0.3, -0.25) is 9.59 Å². The van der Waals surface area contributed by atoms with Crippen LogP contribution in [0.15, 0.2) is 43.0 Å². The summed E-state index contributed by atoms with van der Waals surface area (Å²) in [6.07, 6.45) is 9.26. The third-order valence-corrected chi connectivity index (χ3v) is 4.34. The molecule has 1 aliphatic rings. The Labute approximate surface area is 152 Å². The number of halogens is 2. The van der Waals surface area contributed by atoms with E-state index in [1.807, 2.05) is 6.08 Å². The number of benzene rings is 1. The standard InChI is InChI=1S/C20H24F2N2O2/c1-2-9-23-20(26)18(12-15-10-16(21)13-17(22)11-15)24-19(25)8-7-14-5-3-4-6-14/h2,7-8,10-11,13-14,18H,1,3-6,9,12H2,(H,23,26)(H,24,25)/b8-7+. The Morgan fingerprint density at radius 2 is 1.85 bits per heavy atom. The second-order valence-electron chi connectivity index (χ2n) is 6.48. The highest BCUT2D eigenvalue weighted by molar-refractivity contribution is 5.93. The average molecular weight is 362 g/mol. The van der Waals surface area contributed by atoms with E-state index in [1.165, 1.54) is 12.2 Å². The van der Waals surface area contributed by atoms with E-state index >= 15 is 0 Å². The number of hydrogen-bond acceptors (Lipinski definition) is 2. The fourth-order valence-corrected chi connectivity index (χ4v) is 3.06. The van der Waals surface area contributed by atoms with Crippen LogP contribution >= 0.6 is 0 Å². The van der Waals surface area contributed by atoms with Gasteiger partial charge in [0.25, 0.3) is 0 Å². The molecular formula is C20H24F2N2O2. The van der Waals surface area contributed by atoms with Gasteiger partial charge in [0.15, 0.2) is 0 Å². The fourth-order valence-electron chi connectivity index (χ4n) is 3.06. The van der Waals surface area contributed by atoms with Crippen molar-refractivity contribution in [2.24, 2.45) is 5.92 Å². The Morgan fingerprint density at radius 1 is 1.19 bits per heavy atom. The molecule has 1 fully saturated rings. The Kier molecular flexibility index (Phi) is 7.51. The van der Waals surface area contributed by atoms with Gasteiger partial charge in [0.2, 0.25) is 11.8 Å². The molecule has 0 spiro atoms. The molecule has 1 saturated carbocycles. The van der Waals surface area contributed by atoms with Crippen molar-refractivity contribution in [1.82, 2.24) is 10.6 Å². The third kappa shape index (κ3) is 6.43. The summed E-state index contributed by atoms with van der Waals surface area (Å²) in [5.74, 6) is -1.88. The van der Waals surface area contributed by atoms with Crippen LogP contribution in [0.2, 0.25) is 0 Å². The number of amides is 2. The lowest BCUT2D eigenvalue weighted by Crippen LogP contribution is -2.47. The minimum absolute atomic E-state index is 0.0132. The van der Waals surface area contributed by atoms with Crippen LogP contribution in [0.5, 0.6) is 0 Å². The summed E-state index contributed by atoms with van der Waals surface area (Å²) >= 11 is 0. The summed E-state index contributed by atoms with van der Waals surface area (Å²) in [6.45, 7) is 3.76. The molecule has 2 N–H and O–H groups in total. The van der Waals surface area contributed by atoms with E-state index in [9.17, 15) is 18.4 Å². The Bertz CT molecular complexity index is 662. The third-order valence-electron chi connectivity index (χ3n) is 4.34. The van der Waals surface area contributed by atoms with Crippen LogP contribution in [0, 0.1) is 17.6 Å².